The Balaban J connectivity index is 0.000000325. The summed E-state index contributed by atoms with van der Waals surface area (Å²) in [6.45, 7) is 15.5. The van der Waals surface area contributed by atoms with E-state index in [0.29, 0.717) is 24.3 Å². The third kappa shape index (κ3) is 13.7. The minimum Gasteiger partial charge on any atom is -0.504 e. The van der Waals surface area contributed by atoms with Crippen molar-refractivity contribution in [1.82, 2.24) is 0 Å². The molecule has 43 heavy (non-hydrogen) atoms. The summed E-state index contributed by atoms with van der Waals surface area (Å²) < 4.78 is 22.2. The number of ether oxygens (including phenoxy) is 4. The number of carbonyl (C=O) groups is 2. The van der Waals surface area contributed by atoms with Crippen molar-refractivity contribution < 1.29 is 28.5 Å². The van der Waals surface area contributed by atoms with Crippen molar-refractivity contribution >= 4 is 49.1 Å². The molecule has 2 aliphatic heterocycles. The number of hydrogen-bond donors (Lipinski definition) is 0. The van der Waals surface area contributed by atoms with E-state index in [2.05, 4.69) is 62.4 Å². The van der Waals surface area contributed by atoms with Gasteiger partial charge in [-0.3, -0.25) is 0 Å². The number of esters is 2. The minimum atomic E-state index is -0.823. The number of hydrogen-bond acceptors (Lipinski definition) is 6. The average molecular weight is 723 g/mol. The van der Waals surface area contributed by atoms with Gasteiger partial charge in [0.15, 0.2) is 0 Å². The van der Waals surface area contributed by atoms with Crippen molar-refractivity contribution in [2.75, 3.05) is 26.4 Å². The maximum atomic E-state index is 11.6. The summed E-state index contributed by atoms with van der Waals surface area (Å²) in [7, 11) is -0.823. The fourth-order valence-electron chi connectivity index (χ4n) is 4.84. The van der Waals surface area contributed by atoms with Crippen molar-refractivity contribution in [2.24, 2.45) is 0 Å². The van der Waals surface area contributed by atoms with Crippen LogP contribution in [0.15, 0.2) is 66.1 Å². The quantitative estimate of drug-likeness (QED) is 0.154. The molecular formula is C35H51IO6Si. The van der Waals surface area contributed by atoms with Crippen molar-refractivity contribution in [3.8, 4) is 0 Å². The predicted molar refractivity (Wildman–Crippen MR) is 188 cm³/mol. The van der Waals surface area contributed by atoms with E-state index in [1.165, 1.54) is 18.2 Å². The summed E-state index contributed by atoms with van der Waals surface area (Å²) in [5.41, 5.74) is 3.77. The maximum absolute atomic E-state index is 11.6. The summed E-state index contributed by atoms with van der Waals surface area (Å²) in [5.74, 6) is 0.323. The van der Waals surface area contributed by atoms with Crippen LogP contribution in [0.5, 0.6) is 0 Å². The van der Waals surface area contributed by atoms with Gasteiger partial charge in [-0.25, -0.2) is 9.59 Å². The fraction of sp³-hybridized carbons (Fsp3) is 0.486. The molecule has 0 saturated heterocycles. The molecule has 2 aromatic carbocycles. The van der Waals surface area contributed by atoms with Gasteiger partial charge in [0.1, 0.15) is 14.6 Å². The molecule has 4 rings (SSSR count). The number of carbonyl (C=O) groups excluding carboxylic acids is 2. The van der Waals surface area contributed by atoms with Gasteiger partial charge >= 0.3 is 11.9 Å². The molecule has 0 atom stereocenters. The Morgan fingerprint density at radius 3 is 1.81 bits per heavy atom. The van der Waals surface area contributed by atoms with Gasteiger partial charge in [-0.1, -0.05) is 59.4 Å². The zero-order chi connectivity index (χ0) is 30.9. The summed E-state index contributed by atoms with van der Waals surface area (Å²) >= 11 is 2.16. The van der Waals surface area contributed by atoms with Gasteiger partial charge in [-0.05, 0) is 110 Å². The molecule has 2 aliphatic rings. The van der Waals surface area contributed by atoms with E-state index in [4.69, 9.17) is 18.9 Å². The van der Waals surface area contributed by atoms with E-state index in [-0.39, 0.29) is 19.4 Å². The first-order valence-electron chi connectivity index (χ1n) is 15.0. The highest BCUT2D eigenvalue weighted by atomic mass is 127. The Hall–Kier alpha value is -2.59. The van der Waals surface area contributed by atoms with Gasteiger partial charge in [-0.15, -0.1) is 0 Å². The average Bonchev–Trinajstić information content (AvgIpc) is 2.99. The predicted octanol–water partition coefficient (Wildman–Crippen LogP) is 9.39. The number of benzene rings is 2. The molecule has 0 unspecified atom stereocenters. The molecule has 0 spiro atoms. The van der Waals surface area contributed by atoms with Crippen LogP contribution in [0.1, 0.15) is 101 Å². The first-order chi connectivity index (χ1) is 20.2. The summed E-state index contributed by atoms with van der Waals surface area (Å²) in [6.07, 6.45) is 8.94. The highest BCUT2D eigenvalue weighted by molar-refractivity contribution is 14.1. The van der Waals surface area contributed by atoms with Crippen molar-refractivity contribution in [2.45, 2.75) is 85.7 Å². The van der Waals surface area contributed by atoms with E-state index in [1.807, 2.05) is 30.3 Å². The number of rotatable bonds is 8. The summed E-state index contributed by atoms with van der Waals surface area (Å²) in [6, 6.07) is 14.7. The third-order valence-corrected chi connectivity index (χ3v) is 11.3. The van der Waals surface area contributed by atoms with Crippen LogP contribution in [0, 0.1) is 3.57 Å². The molecule has 0 radical (unpaired) electrons. The lowest BCUT2D eigenvalue weighted by molar-refractivity contribution is 0.0516. The van der Waals surface area contributed by atoms with E-state index in [9.17, 15) is 9.59 Å². The highest BCUT2D eigenvalue weighted by Crippen LogP contribution is 2.29. The highest BCUT2D eigenvalue weighted by Gasteiger charge is 2.26. The minimum absolute atomic E-state index is 0. The standard InChI is InChI=1S/C14H16O3.C11H22OSi.C9H9IO2.CH4/c1-2-16-14(15)12-7-5-6-11(10-12)13-8-3-4-9-17-13;1-9(2)13(10(3)4)11-7-5-6-8-12-11;1-2-12-9(11)7-4-3-5-8(10)6-7;/h5-8,10H,2-4,9H2,1H3;7,9-10,13H,5-6,8H2,1-4H3;3-6H,2H2,1H3;1H4. The summed E-state index contributed by atoms with van der Waals surface area (Å²) in [5, 5.41) is 1.39. The first-order valence-corrected chi connectivity index (χ1v) is 18.0. The zero-order valence-corrected chi connectivity index (χ0v) is 29.3. The molecule has 2 aromatic rings. The monoisotopic (exact) mass is 722 g/mol. The second kappa shape index (κ2) is 21.2. The van der Waals surface area contributed by atoms with Gasteiger partial charge in [0.05, 0.1) is 42.9 Å². The second-order valence-corrected chi connectivity index (χ2v) is 16.2. The van der Waals surface area contributed by atoms with E-state index in [1.54, 1.807) is 32.0 Å². The number of halogens is 1. The van der Waals surface area contributed by atoms with E-state index < -0.39 is 8.80 Å². The van der Waals surface area contributed by atoms with Crippen molar-refractivity contribution in [3.63, 3.8) is 0 Å². The van der Waals surface area contributed by atoms with Gasteiger partial charge in [0, 0.05) is 9.13 Å². The smallest absolute Gasteiger partial charge is 0.338 e. The van der Waals surface area contributed by atoms with Crippen LogP contribution in [0.2, 0.25) is 11.1 Å². The maximum Gasteiger partial charge on any atom is 0.338 e. The Labute approximate surface area is 275 Å². The van der Waals surface area contributed by atoms with Crippen LogP contribution in [-0.4, -0.2) is 47.2 Å². The molecule has 0 bridgehead atoms. The molecular weight excluding hydrogens is 671 g/mol. The lowest BCUT2D eigenvalue weighted by Crippen LogP contribution is -2.27. The second-order valence-electron chi connectivity index (χ2n) is 10.7. The summed E-state index contributed by atoms with van der Waals surface area (Å²) in [4.78, 5) is 22.8. The van der Waals surface area contributed by atoms with Gasteiger partial charge in [0.25, 0.3) is 0 Å². The molecule has 0 amide bonds. The molecule has 8 heteroatoms. The molecule has 2 heterocycles. The van der Waals surface area contributed by atoms with Gasteiger partial charge in [0.2, 0.25) is 0 Å². The first kappa shape index (κ1) is 38.4. The zero-order valence-electron chi connectivity index (χ0n) is 26.0. The van der Waals surface area contributed by atoms with Crippen LogP contribution in [-0.2, 0) is 18.9 Å². The fourth-order valence-corrected chi connectivity index (χ4v) is 8.98. The molecule has 0 N–H and O–H groups in total. The van der Waals surface area contributed by atoms with Crippen LogP contribution in [0.3, 0.4) is 0 Å². The largest absolute Gasteiger partial charge is 0.504 e. The van der Waals surface area contributed by atoms with E-state index >= 15 is 0 Å². The molecule has 0 aliphatic carbocycles. The molecule has 0 saturated carbocycles. The molecule has 6 nitrogen and oxygen atoms in total. The van der Waals surface area contributed by atoms with E-state index in [0.717, 1.165) is 52.0 Å². The number of allylic oxidation sites excluding steroid dienone is 2. The Kier molecular flexibility index (Phi) is 18.9. The topological polar surface area (TPSA) is 71.1 Å². The van der Waals surface area contributed by atoms with Gasteiger partial charge < -0.3 is 18.9 Å². The molecule has 238 valence electrons. The van der Waals surface area contributed by atoms with Crippen LogP contribution in [0.4, 0.5) is 0 Å². The lowest BCUT2D eigenvalue weighted by Gasteiger charge is -2.28. The van der Waals surface area contributed by atoms with Gasteiger partial charge in [-0.2, -0.15) is 0 Å². The Morgan fingerprint density at radius 2 is 1.35 bits per heavy atom. The van der Waals surface area contributed by atoms with Crippen LogP contribution >= 0.6 is 22.6 Å². The Morgan fingerprint density at radius 1 is 0.814 bits per heavy atom. The van der Waals surface area contributed by atoms with Crippen molar-refractivity contribution in [3.05, 3.63) is 86.3 Å². The van der Waals surface area contributed by atoms with Crippen LogP contribution in [0.25, 0.3) is 5.76 Å². The van der Waals surface area contributed by atoms with Crippen LogP contribution < -0.4 is 0 Å². The SMILES string of the molecule is C.CC(C)[SiH](C1=CCCCO1)C(C)C.CCOC(=O)c1cccc(C2=CCCCO2)c1.CCOC(=O)c1cccc(I)c1. The normalized spacial score (nSPS) is 13.9. The molecule has 0 aromatic heterocycles. The Bertz CT molecular complexity index is 1180. The lowest BCUT2D eigenvalue weighted by atomic mass is 10.1. The van der Waals surface area contributed by atoms with Crippen molar-refractivity contribution in [1.29, 1.82) is 0 Å². The third-order valence-electron chi connectivity index (χ3n) is 6.66. The molecule has 0 fully saturated rings.